The molecule has 1 saturated carbocycles. The minimum absolute atomic E-state index is 0.00388. The predicted octanol–water partition coefficient (Wildman–Crippen LogP) is 7.45. The molecular weight excluding hydrogens is 413 g/mol. The van der Waals surface area contributed by atoms with Gasteiger partial charge in [0.2, 0.25) is 5.91 Å². The molecule has 0 aromatic heterocycles. The number of rotatable bonds is 3. The predicted molar refractivity (Wildman–Crippen MR) is 120 cm³/mol. The molecule has 1 fully saturated rings. The zero-order valence-electron chi connectivity index (χ0n) is 17.6. The van der Waals surface area contributed by atoms with E-state index in [-0.39, 0.29) is 22.4 Å². The van der Waals surface area contributed by atoms with Gasteiger partial charge in [0.05, 0.1) is 15.7 Å². The third-order valence-electron chi connectivity index (χ3n) is 5.42. The number of benzene rings is 1. The van der Waals surface area contributed by atoms with E-state index in [4.69, 9.17) is 23.2 Å². The van der Waals surface area contributed by atoms with Crippen molar-refractivity contribution in [3.8, 4) is 0 Å². The van der Waals surface area contributed by atoms with E-state index in [9.17, 15) is 9.59 Å². The lowest BCUT2D eigenvalue weighted by atomic mass is 9.69. The van der Waals surface area contributed by atoms with Gasteiger partial charge in [0.25, 0.3) is 0 Å². The quantitative estimate of drug-likeness (QED) is 0.493. The van der Waals surface area contributed by atoms with Crippen LogP contribution >= 0.6 is 35.0 Å². The number of thioether (sulfide) groups is 1. The maximum absolute atomic E-state index is 12.9. The Morgan fingerprint density at radius 3 is 2.00 bits per heavy atom. The number of hydrogen-bond donors (Lipinski definition) is 1. The Balaban J connectivity index is 2.13. The Labute approximate surface area is 183 Å². The molecule has 1 amide bonds. The van der Waals surface area contributed by atoms with Crippen LogP contribution in [0.5, 0.6) is 0 Å². The Morgan fingerprint density at radius 2 is 1.50 bits per heavy atom. The van der Waals surface area contributed by atoms with Crippen LogP contribution in [-0.4, -0.2) is 11.0 Å². The van der Waals surface area contributed by atoms with E-state index in [0.29, 0.717) is 26.5 Å². The Kier molecular flexibility index (Phi) is 7.55. The standard InChI is InChI=1S/C22H31Cl2NO2S/c1-21(2,3)14-9-7-13(8-10-14)19(26)25-17-11-15(23)16(24)12-18(17)28-20(27)22(4,5)6/h11-14H,7-10H2,1-6H3,(H,25,26)/t13-,14+. The molecule has 1 N–H and O–H groups in total. The van der Waals surface area contributed by atoms with E-state index in [1.165, 1.54) is 0 Å². The number of hydrogen-bond acceptors (Lipinski definition) is 3. The van der Waals surface area contributed by atoms with Crippen LogP contribution in [0.15, 0.2) is 17.0 Å². The number of nitrogens with one attached hydrogen (secondary N) is 1. The van der Waals surface area contributed by atoms with Crippen LogP contribution in [-0.2, 0) is 9.59 Å². The zero-order valence-corrected chi connectivity index (χ0v) is 19.9. The number of carbonyl (C=O) groups excluding carboxylic acids is 2. The summed E-state index contributed by atoms with van der Waals surface area (Å²) < 4.78 is 0. The van der Waals surface area contributed by atoms with Crippen molar-refractivity contribution in [2.45, 2.75) is 72.1 Å². The highest BCUT2D eigenvalue weighted by atomic mass is 35.5. The van der Waals surface area contributed by atoms with E-state index < -0.39 is 5.41 Å². The molecule has 0 bridgehead atoms. The maximum atomic E-state index is 12.9. The highest BCUT2D eigenvalue weighted by Crippen LogP contribution is 2.41. The first-order valence-corrected chi connectivity index (χ1v) is 11.4. The molecule has 0 spiro atoms. The summed E-state index contributed by atoms with van der Waals surface area (Å²) in [5.74, 6) is 0.636. The van der Waals surface area contributed by atoms with E-state index in [2.05, 4.69) is 26.1 Å². The summed E-state index contributed by atoms with van der Waals surface area (Å²) in [6.07, 6.45) is 3.90. The number of halogens is 2. The van der Waals surface area contributed by atoms with Crippen LogP contribution in [0.2, 0.25) is 10.0 Å². The molecule has 0 saturated heterocycles. The van der Waals surface area contributed by atoms with Gasteiger partial charge in [0.15, 0.2) is 5.12 Å². The van der Waals surface area contributed by atoms with Crippen molar-refractivity contribution in [3.05, 3.63) is 22.2 Å². The third kappa shape index (κ3) is 6.14. The molecule has 6 heteroatoms. The largest absolute Gasteiger partial charge is 0.325 e. The van der Waals surface area contributed by atoms with Crippen LogP contribution in [0.1, 0.15) is 67.2 Å². The van der Waals surface area contributed by atoms with Crippen LogP contribution in [0.4, 0.5) is 5.69 Å². The van der Waals surface area contributed by atoms with Crippen molar-refractivity contribution in [1.29, 1.82) is 0 Å². The maximum Gasteiger partial charge on any atom is 0.227 e. The second-order valence-electron chi connectivity index (χ2n) is 9.81. The molecule has 1 aromatic carbocycles. The second kappa shape index (κ2) is 8.97. The van der Waals surface area contributed by atoms with Crippen LogP contribution < -0.4 is 5.32 Å². The first-order valence-electron chi connectivity index (χ1n) is 9.81. The van der Waals surface area contributed by atoms with E-state index in [1.54, 1.807) is 12.1 Å². The summed E-state index contributed by atoms with van der Waals surface area (Å²) >= 11 is 13.4. The van der Waals surface area contributed by atoms with Crippen molar-refractivity contribution in [2.75, 3.05) is 5.32 Å². The molecule has 2 rings (SSSR count). The molecule has 0 atom stereocenters. The molecule has 3 nitrogen and oxygen atoms in total. The lowest BCUT2D eigenvalue weighted by molar-refractivity contribution is -0.121. The van der Waals surface area contributed by atoms with Gasteiger partial charge in [-0.15, -0.1) is 0 Å². The highest BCUT2D eigenvalue weighted by Gasteiger charge is 2.33. The normalized spacial score (nSPS) is 20.7. The van der Waals surface area contributed by atoms with Gasteiger partial charge in [-0.2, -0.15) is 0 Å². The Bertz CT molecular complexity index is 742. The summed E-state index contributed by atoms with van der Waals surface area (Å²) in [4.78, 5) is 26.0. The Morgan fingerprint density at radius 1 is 0.964 bits per heavy atom. The minimum atomic E-state index is -0.497. The lowest BCUT2D eigenvalue weighted by Crippen LogP contribution is -2.31. The first-order chi connectivity index (χ1) is 12.8. The number of amides is 1. The number of anilines is 1. The van der Waals surface area contributed by atoms with Crippen molar-refractivity contribution in [2.24, 2.45) is 22.7 Å². The highest BCUT2D eigenvalue weighted by molar-refractivity contribution is 8.13. The molecule has 28 heavy (non-hydrogen) atoms. The smallest absolute Gasteiger partial charge is 0.227 e. The molecule has 1 aliphatic carbocycles. The summed E-state index contributed by atoms with van der Waals surface area (Å²) in [6, 6.07) is 3.30. The Hall–Kier alpha value is -0.710. The topological polar surface area (TPSA) is 46.2 Å². The average Bonchev–Trinajstić information content (AvgIpc) is 2.57. The van der Waals surface area contributed by atoms with Gasteiger partial charge in [-0.1, -0.05) is 64.7 Å². The molecule has 0 radical (unpaired) electrons. The summed E-state index contributed by atoms with van der Waals surface area (Å²) in [5.41, 5.74) is 0.339. The lowest BCUT2D eigenvalue weighted by Gasteiger charge is -2.36. The molecule has 0 aliphatic heterocycles. The summed E-state index contributed by atoms with van der Waals surface area (Å²) in [6.45, 7) is 12.4. The van der Waals surface area contributed by atoms with E-state index >= 15 is 0 Å². The van der Waals surface area contributed by atoms with Crippen molar-refractivity contribution in [1.82, 2.24) is 0 Å². The SMILES string of the molecule is CC(C)(C)C(=O)Sc1cc(Cl)c(Cl)cc1NC(=O)[C@H]1CC[C@@H](C(C)(C)C)CC1. The van der Waals surface area contributed by atoms with Crippen molar-refractivity contribution < 1.29 is 9.59 Å². The van der Waals surface area contributed by atoms with Gasteiger partial charge in [0.1, 0.15) is 0 Å². The first kappa shape index (κ1) is 23.6. The van der Waals surface area contributed by atoms with Gasteiger partial charge in [-0.3, -0.25) is 9.59 Å². The van der Waals surface area contributed by atoms with Gasteiger partial charge in [-0.25, -0.2) is 0 Å². The fourth-order valence-electron chi connectivity index (χ4n) is 3.42. The summed E-state index contributed by atoms with van der Waals surface area (Å²) in [5, 5.41) is 3.74. The van der Waals surface area contributed by atoms with E-state index in [0.717, 1.165) is 37.4 Å². The fraction of sp³-hybridized carbons (Fsp3) is 0.636. The van der Waals surface area contributed by atoms with Gasteiger partial charge in [-0.05, 0) is 60.9 Å². The van der Waals surface area contributed by atoms with Crippen LogP contribution in [0.3, 0.4) is 0 Å². The number of carbonyl (C=O) groups is 2. The monoisotopic (exact) mass is 443 g/mol. The second-order valence-corrected chi connectivity index (χ2v) is 11.6. The van der Waals surface area contributed by atoms with Crippen LogP contribution in [0, 0.1) is 22.7 Å². The van der Waals surface area contributed by atoms with Crippen LogP contribution in [0.25, 0.3) is 0 Å². The minimum Gasteiger partial charge on any atom is -0.325 e. The van der Waals surface area contributed by atoms with Gasteiger partial charge >= 0.3 is 0 Å². The molecule has 1 aliphatic rings. The fourth-order valence-corrected chi connectivity index (χ4v) is 4.71. The molecule has 1 aromatic rings. The van der Waals surface area contributed by atoms with Crippen molar-refractivity contribution in [3.63, 3.8) is 0 Å². The molecular formula is C22H31Cl2NO2S. The van der Waals surface area contributed by atoms with E-state index in [1.807, 2.05) is 20.8 Å². The van der Waals surface area contributed by atoms with Gasteiger partial charge in [0, 0.05) is 16.2 Å². The molecule has 0 unspecified atom stereocenters. The zero-order chi connectivity index (χ0) is 21.3. The third-order valence-corrected chi connectivity index (χ3v) is 7.50. The summed E-state index contributed by atoms with van der Waals surface area (Å²) in [7, 11) is 0. The van der Waals surface area contributed by atoms with Crippen molar-refractivity contribution >= 4 is 51.7 Å². The average molecular weight is 444 g/mol. The molecule has 156 valence electrons. The molecule has 0 heterocycles. The van der Waals surface area contributed by atoms with Gasteiger partial charge < -0.3 is 5.32 Å².